The van der Waals surface area contributed by atoms with Gasteiger partial charge in [-0.25, -0.2) is 4.98 Å². The number of carbonyl (C=O) groups is 1. The highest BCUT2D eigenvalue weighted by Gasteiger charge is 2.14. The average molecular weight is 456 g/mol. The fraction of sp³-hybridized carbons (Fsp3) is 0.150. The van der Waals surface area contributed by atoms with Gasteiger partial charge in [0.1, 0.15) is 0 Å². The van der Waals surface area contributed by atoms with Crippen LogP contribution >= 0.6 is 23.1 Å². The van der Waals surface area contributed by atoms with Crippen molar-refractivity contribution in [3.63, 3.8) is 0 Å². The molecule has 0 fully saturated rings. The minimum Gasteiger partial charge on any atom is -0.493 e. The molecule has 0 bridgehead atoms. The normalized spacial score (nSPS) is 10.6. The van der Waals surface area contributed by atoms with Crippen LogP contribution in [0, 0.1) is 0 Å². The number of nitrogens with zero attached hydrogens (tertiary/aromatic N) is 4. The fourth-order valence-corrected chi connectivity index (χ4v) is 3.92. The van der Waals surface area contributed by atoms with E-state index in [9.17, 15) is 4.79 Å². The first kappa shape index (κ1) is 20.8. The number of aromatic nitrogens is 4. The summed E-state index contributed by atoms with van der Waals surface area (Å²) in [5, 5.41) is 13.4. The molecule has 0 saturated heterocycles. The predicted molar refractivity (Wildman–Crippen MR) is 118 cm³/mol. The van der Waals surface area contributed by atoms with Gasteiger partial charge in [0.2, 0.25) is 11.8 Å². The first-order valence-corrected chi connectivity index (χ1v) is 10.9. The number of thiazole rings is 1. The lowest BCUT2D eigenvalue weighted by Gasteiger charge is -2.08. The van der Waals surface area contributed by atoms with Crippen molar-refractivity contribution in [2.45, 2.75) is 5.22 Å². The van der Waals surface area contributed by atoms with Crippen LogP contribution in [0.25, 0.3) is 22.7 Å². The molecule has 4 aromatic rings. The number of hydrogen-bond acceptors (Lipinski definition) is 10. The Morgan fingerprint density at radius 3 is 2.68 bits per heavy atom. The van der Waals surface area contributed by atoms with Crippen LogP contribution in [0.3, 0.4) is 0 Å². The third-order valence-corrected chi connectivity index (χ3v) is 5.67. The van der Waals surface area contributed by atoms with Gasteiger partial charge in [-0.05, 0) is 30.3 Å². The Hall–Kier alpha value is -3.44. The Bertz CT molecular complexity index is 1180. The molecule has 0 radical (unpaired) electrons. The molecule has 9 nitrogen and oxygen atoms in total. The smallest absolute Gasteiger partial charge is 0.277 e. The van der Waals surface area contributed by atoms with Gasteiger partial charge in [0.05, 0.1) is 25.7 Å². The highest BCUT2D eigenvalue weighted by molar-refractivity contribution is 7.99. The molecule has 0 atom stereocenters. The summed E-state index contributed by atoms with van der Waals surface area (Å²) in [6.45, 7) is 0. The summed E-state index contributed by atoms with van der Waals surface area (Å²) in [4.78, 5) is 20.7. The molecule has 0 saturated carbocycles. The monoisotopic (exact) mass is 455 g/mol. The Balaban J connectivity index is 1.35. The van der Waals surface area contributed by atoms with Crippen LogP contribution in [-0.2, 0) is 4.79 Å². The number of ether oxygens (including phenoxy) is 2. The standard InChI is InChI=1S/C20H17N5O4S2/c1-27-15-4-3-13(9-16(15)28-2)14-10-30-19(22-14)23-17(26)11-31-20-25-24-18(29-20)12-5-7-21-8-6-12/h3-10H,11H2,1-2H3,(H,22,23,26). The third-order valence-electron chi connectivity index (χ3n) is 4.09. The predicted octanol–water partition coefficient (Wildman–Crippen LogP) is 4.00. The fourth-order valence-electron chi connectivity index (χ4n) is 2.62. The summed E-state index contributed by atoms with van der Waals surface area (Å²) in [6.07, 6.45) is 3.29. The number of thioether (sulfide) groups is 1. The second-order valence-corrected chi connectivity index (χ2v) is 7.84. The van der Waals surface area contributed by atoms with Crippen LogP contribution in [0.5, 0.6) is 11.5 Å². The molecule has 0 aliphatic heterocycles. The summed E-state index contributed by atoms with van der Waals surface area (Å²) in [7, 11) is 3.16. The lowest BCUT2D eigenvalue weighted by molar-refractivity contribution is -0.113. The van der Waals surface area contributed by atoms with Crippen molar-refractivity contribution < 1.29 is 18.7 Å². The lowest BCUT2D eigenvalue weighted by atomic mass is 10.1. The molecular weight excluding hydrogens is 438 g/mol. The van der Waals surface area contributed by atoms with Gasteiger partial charge < -0.3 is 19.2 Å². The van der Waals surface area contributed by atoms with Crippen molar-refractivity contribution in [2.24, 2.45) is 0 Å². The van der Waals surface area contributed by atoms with Crippen LogP contribution in [0.15, 0.2) is 57.7 Å². The number of methoxy groups -OCH3 is 2. The summed E-state index contributed by atoms with van der Waals surface area (Å²) in [5.41, 5.74) is 2.36. The SMILES string of the molecule is COc1ccc(-c2csc(NC(=O)CSc3nnc(-c4ccncc4)o3)n2)cc1OC. The van der Waals surface area contributed by atoms with Crippen molar-refractivity contribution in [1.82, 2.24) is 20.2 Å². The highest BCUT2D eigenvalue weighted by atomic mass is 32.2. The summed E-state index contributed by atoms with van der Waals surface area (Å²) < 4.78 is 16.2. The van der Waals surface area contributed by atoms with Crippen molar-refractivity contribution in [2.75, 3.05) is 25.3 Å². The van der Waals surface area contributed by atoms with Crippen LogP contribution in [0.4, 0.5) is 5.13 Å². The second-order valence-electron chi connectivity index (χ2n) is 6.05. The molecular formula is C20H17N5O4S2. The second kappa shape index (κ2) is 9.58. The number of carbonyl (C=O) groups excluding carboxylic acids is 1. The van der Waals surface area contributed by atoms with Crippen LogP contribution in [-0.4, -0.2) is 46.0 Å². The van der Waals surface area contributed by atoms with Crippen molar-refractivity contribution in [1.29, 1.82) is 0 Å². The van der Waals surface area contributed by atoms with Gasteiger partial charge in [-0.15, -0.1) is 21.5 Å². The first-order chi connectivity index (χ1) is 15.2. The van der Waals surface area contributed by atoms with Gasteiger partial charge in [0, 0.05) is 28.9 Å². The Kier molecular flexibility index (Phi) is 6.43. The molecule has 11 heteroatoms. The molecule has 31 heavy (non-hydrogen) atoms. The van der Waals surface area contributed by atoms with E-state index >= 15 is 0 Å². The number of amides is 1. The highest BCUT2D eigenvalue weighted by Crippen LogP contribution is 2.33. The Labute approximate surface area is 185 Å². The lowest BCUT2D eigenvalue weighted by Crippen LogP contribution is -2.13. The van der Waals surface area contributed by atoms with Gasteiger partial charge in [0.15, 0.2) is 16.6 Å². The molecule has 3 heterocycles. The summed E-state index contributed by atoms with van der Waals surface area (Å²) in [6, 6.07) is 9.08. The molecule has 158 valence electrons. The largest absolute Gasteiger partial charge is 0.493 e. The summed E-state index contributed by atoms with van der Waals surface area (Å²) in [5.74, 6) is 1.52. The summed E-state index contributed by atoms with van der Waals surface area (Å²) >= 11 is 2.49. The number of benzene rings is 1. The van der Waals surface area contributed by atoms with Gasteiger partial charge in [-0.1, -0.05) is 11.8 Å². The number of nitrogens with one attached hydrogen (secondary N) is 1. The van der Waals surface area contributed by atoms with Crippen LogP contribution in [0.2, 0.25) is 0 Å². The first-order valence-electron chi connectivity index (χ1n) is 9.00. The van der Waals surface area contributed by atoms with E-state index in [0.29, 0.717) is 27.7 Å². The maximum absolute atomic E-state index is 12.3. The molecule has 1 N–H and O–H groups in total. The molecule has 4 rings (SSSR count). The topological polar surface area (TPSA) is 112 Å². The molecule has 0 unspecified atom stereocenters. The van der Waals surface area contributed by atoms with E-state index in [2.05, 4.69) is 25.5 Å². The van der Waals surface area contributed by atoms with Gasteiger partial charge in [-0.3, -0.25) is 9.78 Å². The minimum atomic E-state index is -0.220. The van der Waals surface area contributed by atoms with E-state index in [1.807, 2.05) is 23.6 Å². The van der Waals surface area contributed by atoms with E-state index < -0.39 is 0 Å². The van der Waals surface area contributed by atoms with E-state index in [1.54, 1.807) is 38.7 Å². The molecule has 3 aromatic heterocycles. The number of anilines is 1. The quantitative estimate of drug-likeness (QED) is 0.394. The third kappa shape index (κ3) is 5.01. The molecule has 1 aromatic carbocycles. The van der Waals surface area contributed by atoms with Gasteiger partial charge in [-0.2, -0.15) is 0 Å². The van der Waals surface area contributed by atoms with Crippen LogP contribution < -0.4 is 14.8 Å². The maximum Gasteiger partial charge on any atom is 0.277 e. The average Bonchev–Trinajstić information content (AvgIpc) is 3.48. The van der Waals surface area contributed by atoms with E-state index in [-0.39, 0.29) is 11.7 Å². The van der Waals surface area contributed by atoms with Crippen molar-refractivity contribution in [3.05, 3.63) is 48.1 Å². The van der Waals surface area contributed by atoms with Crippen molar-refractivity contribution in [3.8, 4) is 34.2 Å². The van der Waals surface area contributed by atoms with Gasteiger partial charge in [0.25, 0.3) is 5.22 Å². The zero-order valence-corrected chi connectivity index (χ0v) is 18.2. The van der Waals surface area contributed by atoms with E-state index in [1.165, 1.54) is 11.3 Å². The number of rotatable bonds is 8. The molecule has 0 spiro atoms. The zero-order chi connectivity index (χ0) is 21.6. The minimum absolute atomic E-state index is 0.114. The zero-order valence-electron chi connectivity index (χ0n) is 16.6. The van der Waals surface area contributed by atoms with Crippen LogP contribution in [0.1, 0.15) is 0 Å². The molecule has 0 aliphatic carbocycles. The van der Waals surface area contributed by atoms with E-state index in [0.717, 1.165) is 28.6 Å². The number of hydrogen-bond donors (Lipinski definition) is 1. The van der Waals surface area contributed by atoms with Gasteiger partial charge >= 0.3 is 0 Å². The van der Waals surface area contributed by atoms with Crippen molar-refractivity contribution >= 4 is 34.1 Å². The molecule has 1 amide bonds. The van der Waals surface area contributed by atoms with E-state index in [4.69, 9.17) is 13.9 Å². The Morgan fingerprint density at radius 1 is 1.10 bits per heavy atom. The molecule has 0 aliphatic rings. The number of pyridine rings is 1. The Morgan fingerprint density at radius 2 is 1.90 bits per heavy atom. The maximum atomic E-state index is 12.3.